The van der Waals surface area contributed by atoms with Crippen LogP contribution in [0.4, 0.5) is 9.18 Å². The molecule has 2 aromatic carbocycles. The summed E-state index contributed by atoms with van der Waals surface area (Å²) in [5.74, 6) is -1.62. The van der Waals surface area contributed by atoms with E-state index in [1.807, 2.05) is 18.3 Å². The molecule has 6 nitrogen and oxygen atoms in total. The van der Waals surface area contributed by atoms with Crippen molar-refractivity contribution in [2.45, 2.75) is 19.0 Å². The molecule has 0 bridgehead atoms. The monoisotopic (exact) mass is 395 g/mol. The van der Waals surface area contributed by atoms with E-state index in [9.17, 15) is 14.0 Å². The summed E-state index contributed by atoms with van der Waals surface area (Å²) in [4.78, 5) is 27.0. The summed E-state index contributed by atoms with van der Waals surface area (Å²) in [7, 11) is 1.31. The summed E-state index contributed by atoms with van der Waals surface area (Å²) in [5, 5.41) is 5.53. The van der Waals surface area contributed by atoms with E-state index in [0.29, 0.717) is 17.8 Å². The highest BCUT2D eigenvalue weighted by Gasteiger charge is 2.40. The fourth-order valence-electron chi connectivity index (χ4n) is 3.92. The Labute approximate surface area is 168 Å². The molecule has 2 N–H and O–H groups in total. The van der Waals surface area contributed by atoms with Gasteiger partial charge in [-0.1, -0.05) is 36.4 Å². The molecule has 2 aliphatic heterocycles. The predicted molar refractivity (Wildman–Crippen MR) is 105 cm³/mol. The van der Waals surface area contributed by atoms with Gasteiger partial charge in [-0.05, 0) is 35.2 Å². The van der Waals surface area contributed by atoms with Gasteiger partial charge in [0.2, 0.25) is 0 Å². The third-order valence-corrected chi connectivity index (χ3v) is 5.38. The lowest BCUT2D eigenvalue weighted by Crippen LogP contribution is -2.51. The summed E-state index contributed by atoms with van der Waals surface area (Å²) in [6.07, 6.45) is 2.71. The fraction of sp³-hybridized carbons (Fsp3) is 0.273. The van der Waals surface area contributed by atoms with Gasteiger partial charge in [-0.15, -0.1) is 0 Å². The number of methoxy groups -OCH3 is 1. The van der Waals surface area contributed by atoms with E-state index < -0.39 is 24.0 Å². The molecule has 0 radical (unpaired) electrons. The second kappa shape index (κ2) is 7.95. The number of fused-ring (bicyclic) bond motifs is 1. The van der Waals surface area contributed by atoms with Crippen LogP contribution < -0.4 is 10.6 Å². The minimum atomic E-state index is -0.764. The summed E-state index contributed by atoms with van der Waals surface area (Å²) in [6, 6.07) is 12.9. The van der Waals surface area contributed by atoms with Gasteiger partial charge in [-0.2, -0.15) is 0 Å². The topological polar surface area (TPSA) is 70.7 Å². The highest BCUT2D eigenvalue weighted by Crippen LogP contribution is 2.32. The fourth-order valence-corrected chi connectivity index (χ4v) is 3.92. The van der Waals surface area contributed by atoms with E-state index in [4.69, 9.17) is 4.74 Å². The van der Waals surface area contributed by atoms with Crippen LogP contribution in [-0.4, -0.2) is 30.6 Å². The highest BCUT2D eigenvalue weighted by atomic mass is 19.1. The first kappa shape index (κ1) is 19.0. The summed E-state index contributed by atoms with van der Waals surface area (Å²) in [5.41, 5.74) is 3.63. The van der Waals surface area contributed by atoms with Gasteiger partial charge in [0.15, 0.2) is 0 Å². The van der Waals surface area contributed by atoms with Crippen molar-refractivity contribution in [1.82, 2.24) is 15.5 Å². The molecule has 1 saturated heterocycles. The first-order valence-electron chi connectivity index (χ1n) is 9.48. The van der Waals surface area contributed by atoms with Crippen molar-refractivity contribution in [3.63, 3.8) is 0 Å². The van der Waals surface area contributed by atoms with Crippen LogP contribution in [0.3, 0.4) is 0 Å². The molecule has 1 fully saturated rings. The van der Waals surface area contributed by atoms with Crippen molar-refractivity contribution in [3.05, 3.63) is 82.9 Å². The number of amides is 2. The van der Waals surface area contributed by atoms with Gasteiger partial charge >= 0.3 is 12.0 Å². The molecule has 0 aromatic heterocycles. The minimum absolute atomic E-state index is 0.383. The van der Waals surface area contributed by atoms with Gasteiger partial charge in [0.1, 0.15) is 11.7 Å². The number of halogens is 1. The second-order valence-electron chi connectivity index (χ2n) is 7.20. The van der Waals surface area contributed by atoms with Crippen molar-refractivity contribution in [3.8, 4) is 0 Å². The van der Waals surface area contributed by atoms with Gasteiger partial charge in [0.05, 0.1) is 18.8 Å². The van der Waals surface area contributed by atoms with Gasteiger partial charge in [0, 0.05) is 19.3 Å². The maximum atomic E-state index is 13.4. The van der Waals surface area contributed by atoms with Crippen molar-refractivity contribution in [1.29, 1.82) is 0 Å². The smallest absolute Gasteiger partial charge is 0.319 e. The number of benzene rings is 2. The molecule has 29 heavy (non-hydrogen) atoms. The van der Waals surface area contributed by atoms with Crippen LogP contribution in [0.1, 0.15) is 22.7 Å². The van der Waals surface area contributed by atoms with Crippen LogP contribution in [0, 0.1) is 11.7 Å². The maximum absolute atomic E-state index is 13.4. The number of hydrogen-bond acceptors (Lipinski definition) is 4. The van der Waals surface area contributed by atoms with E-state index >= 15 is 0 Å². The third-order valence-electron chi connectivity index (χ3n) is 5.38. The average molecular weight is 395 g/mol. The van der Waals surface area contributed by atoms with Crippen LogP contribution in [0.5, 0.6) is 0 Å². The zero-order valence-electron chi connectivity index (χ0n) is 16.0. The average Bonchev–Trinajstić information content (AvgIpc) is 2.73. The molecule has 0 unspecified atom stereocenters. The van der Waals surface area contributed by atoms with Gasteiger partial charge < -0.3 is 20.3 Å². The molecule has 4 rings (SSSR count). The number of urea groups is 1. The molecular weight excluding hydrogens is 373 g/mol. The number of esters is 1. The first-order valence-corrected chi connectivity index (χ1v) is 9.48. The Morgan fingerprint density at radius 3 is 2.62 bits per heavy atom. The Balaban J connectivity index is 1.67. The van der Waals surface area contributed by atoms with Gasteiger partial charge in [0.25, 0.3) is 0 Å². The quantitative estimate of drug-likeness (QED) is 0.784. The molecular formula is C22H22FN3O3. The lowest BCUT2D eigenvalue weighted by molar-refractivity contribution is -0.145. The highest BCUT2D eigenvalue weighted by molar-refractivity contribution is 5.85. The molecule has 0 aliphatic carbocycles. The number of carbonyl (C=O) groups is 2. The standard InChI is InChI=1S/C22H22FN3O3/c1-29-21(27)19-18(13-26-11-10-14-4-2-3-5-16(14)12-26)24-22(28)25-20(19)15-6-8-17(23)9-7-15/h2-9,13,19-20H,10-12H2,1H3,(H2,24,25,28)/b18-13+/t19-,20-/m0/s1. The summed E-state index contributed by atoms with van der Waals surface area (Å²) >= 11 is 0. The van der Waals surface area contributed by atoms with Crippen LogP contribution in [-0.2, 0) is 22.5 Å². The SMILES string of the molecule is COC(=O)[C@H]1/C(=C\N2CCc3ccccc3C2)NC(=O)N[C@H]1c1ccc(F)cc1. The van der Waals surface area contributed by atoms with E-state index in [0.717, 1.165) is 13.0 Å². The van der Waals surface area contributed by atoms with Crippen molar-refractivity contribution >= 4 is 12.0 Å². The van der Waals surface area contributed by atoms with Crippen LogP contribution in [0.2, 0.25) is 0 Å². The Bertz CT molecular complexity index is 958. The largest absolute Gasteiger partial charge is 0.468 e. The van der Waals surface area contributed by atoms with Crippen LogP contribution in [0.15, 0.2) is 60.4 Å². The van der Waals surface area contributed by atoms with E-state index in [1.54, 1.807) is 12.1 Å². The Kier molecular flexibility index (Phi) is 5.20. The lowest BCUT2D eigenvalue weighted by atomic mass is 9.88. The summed E-state index contributed by atoms with van der Waals surface area (Å²) in [6.45, 7) is 1.47. The number of carbonyl (C=O) groups excluding carboxylic acids is 2. The maximum Gasteiger partial charge on any atom is 0.319 e. The van der Waals surface area contributed by atoms with Gasteiger partial charge in [-0.3, -0.25) is 4.79 Å². The number of nitrogens with one attached hydrogen (secondary N) is 2. The van der Waals surface area contributed by atoms with E-state index in [2.05, 4.69) is 27.7 Å². The van der Waals surface area contributed by atoms with Crippen molar-refractivity contribution < 1.29 is 18.7 Å². The first-order chi connectivity index (χ1) is 14.0. The van der Waals surface area contributed by atoms with Gasteiger partial charge in [-0.25, -0.2) is 9.18 Å². The lowest BCUT2D eigenvalue weighted by Gasteiger charge is -2.35. The molecule has 0 spiro atoms. The molecule has 7 heteroatoms. The van der Waals surface area contributed by atoms with E-state index in [-0.39, 0.29) is 5.82 Å². The normalized spacial score (nSPS) is 22.5. The zero-order valence-corrected chi connectivity index (χ0v) is 16.0. The minimum Gasteiger partial charge on any atom is -0.468 e. The third kappa shape index (κ3) is 3.94. The number of rotatable bonds is 3. The number of ether oxygens (including phenoxy) is 1. The van der Waals surface area contributed by atoms with Crippen LogP contribution >= 0.6 is 0 Å². The Hall–Kier alpha value is -3.35. The van der Waals surface area contributed by atoms with Crippen molar-refractivity contribution in [2.24, 2.45) is 5.92 Å². The van der Waals surface area contributed by atoms with Crippen molar-refractivity contribution in [2.75, 3.05) is 13.7 Å². The second-order valence-corrected chi connectivity index (χ2v) is 7.20. The molecule has 2 heterocycles. The Morgan fingerprint density at radius 1 is 1.17 bits per heavy atom. The van der Waals surface area contributed by atoms with E-state index in [1.165, 1.54) is 30.4 Å². The molecule has 2 aliphatic rings. The van der Waals surface area contributed by atoms with Crippen LogP contribution in [0.25, 0.3) is 0 Å². The Morgan fingerprint density at radius 2 is 1.90 bits per heavy atom. The summed E-state index contributed by atoms with van der Waals surface area (Å²) < 4.78 is 18.4. The zero-order chi connectivity index (χ0) is 20.4. The number of hydrogen-bond donors (Lipinski definition) is 2. The molecule has 2 amide bonds. The predicted octanol–water partition coefficient (Wildman–Crippen LogP) is 2.87. The molecule has 2 atom stereocenters. The molecule has 0 saturated carbocycles. The molecule has 150 valence electrons. The number of nitrogens with zero attached hydrogens (tertiary/aromatic N) is 1. The molecule has 2 aromatic rings.